The highest BCUT2D eigenvalue weighted by Gasteiger charge is 2.65. The summed E-state index contributed by atoms with van der Waals surface area (Å²) in [7, 11) is -3.29. The maximum atomic E-state index is 14.9. The van der Waals surface area contributed by atoms with Crippen molar-refractivity contribution in [2.75, 3.05) is 12.4 Å². The van der Waals surface area contributed by atoms with Crippen molar-refractivity contribution in [1.29, 1.82) is 0 Å². The molecule has 1 aromatic heterocycles. The molecule has 1 amide bonds. The number of amides is 1. The van der Waals surface area contributed by atoms with E-state index in [1.165, 1.54) is 0 Å². The first-order valence-corrected chi connectivity index (χ1v) is 10.8. The summed E-state index contributed by atoms with van der Waals surface area (Å²) >= 11 is 0. The number of halogens is 4. The molecule has 4 rings (SSSR count). The molecule has 1 aromatic carbocycles. The number of fused-ring (bicyclic) bond motifs is 1. The molecule has 0 spiro atoms. The molecular formula is C19H17F4N5O3S. The van der Waals surface area contributed by atoms with Crippen LogP contribution in [0.25, 0.3) is 0 Å². The minimum absolute atomic E-state index is 0.0223. The van der Waals surface area contributed by atoms with Gasteiger partial charge in [0.1, 0.15) is 28.1 Å². The lowest BCUT2D eigenvalue weighted by molar-refractivity contribution is 0.00303. The van der Waals surface area contributed by atoms with Crippen molar-refractivity contribution >= 4 is 27.6 Å². The molecule has 1 aliphatic carbocycles. The molecule has 0 radical (unpaired) electrons. The number of sulfonamides is 1. The number of nitrogens with two attached hydrogens (primary N) is 1. The van der Waals surface area contributed by atoms with Crippen molar-refractivity contribution in [3.8, 4) is 0 Å². The minimum atomic E-state index is -4.37. The summed E-state index contributed by atoms with van der Waals surface area (Å²) in [5, 5.41) is 0.642. The van der Waals surface area contributed by atoms with Crippen LogP contribution in [-0.4, -0.2) is 47.8 Å². The van der Waals surface area contributed by atoms with Gasteiger partial charge in [-0.25, -0.2) is 40.3 Å². The van der Waals surface area contributed by atoms with E-state index < -0.39 is 68.6 Å². The number of carbonyl (C=O) groups excluding carboxylic acids is 1. The van der Waals surface area contributed by atoms with Gasteiger partial charge in [-0.2, -0.15) is 0 Å². The van der Waals surface area contributed by atoms with Crippen LogP contribution >= 0.6 is 0 Å². The van der Waals surface area contributed by atoms with Crippen LogP contribution in [0.4, 0.5) is 23.2 Å². The number of hydrogen-bond acceptors (Lipinski definition) is 6. The van der Waals surface area contributed by atoms with Crippen LogP contribution < -0.4 is 11.1 Å². The zero-order chi connectivity index (χ0) is 23.5. The normalized spacial score (nSPS) is 25.7. The molecule has 2 aliphatic rings. The number of guanidine groups is 1. The predicted octanol–water partition coefficient (Wildman–Crippen LogP) is 2.20. The second-order valence-electron chi connectivity index (χ2n) is 7.64. The van der Waals surface area contributed by atoms with Crippen molar-refractivity contribution in [2.45, 2.75) is 29.6 Å². The molecular weight excluding hydrogens is 454 g/mol. The Hall–Kier alpha value is -3.22. The fourth-order valence-electron chi connectivity index (χ4n) is 4.05. The Kier molecular flexibility index (Phi) is 4.91. The first-order valence-electron chi connectivity index (χ1n) is 9.30. The number of aliphatic imine (C=N–C) groups is 1. The van der Waals surface area contributed by atoms with E-state index in [9.17, 15) is 30.8 Å². The summed E-state index contributed by atoms with van der Waals surface area (Å²) in [4.78, 5) is 20.0. The number of anilines is 1. The van der Waals surface area contributed by atoms with Crippen molar-refractivity contribution < 1.29 is 30.8 Å². The maximum absolute atomic E-state index is 14.9. The number of benzene rings is 1. The second kappa shape index (κ2) is 7.15. The molecule has 8 nitrogen and oxygen atoms in total. The highest BCUT2D eigenvalue weighted by Crippen LogP contribution is 2.55. The van der Waals surface area contributed by atoms with E-state index in [0.717, 1.165) is 43.6 Å². The fraction of sp³-hybridized carbons (Fsp3) is 0.316. The maximum Gasteiger partial charge on any atom is 0.274 e. The molecule has 0 saturated heterocycles. The van der Waals surface area contributed by atoms with E-state index in [1.54, 1.807) is 0 Å². The Morgan fingerprint density at radius 2 is 1.97 bits per heavy atom. The van der Waals surface area contributed by atoms with E-state index >= 15 is 0 Å². The number of nitrogens with one attached hydrogen (secondary N) is 1. The number of carbonyl (C=O) groups is 1. The van der Waals surface area contributed by atoms with Gasteiger partial charge in [-0.15, -0.1) is 0 Å². The summed E-state index contributed by atoms with van der Waals surface area (Å²) in [6, 6.07) is 5.25. The lowest BCUT2D eigenvalue weighted by Crippen LogP contribution is -2.55. The fourth-order valence-corrected chi connectivity index (χ4v) is 5.94. The topological polar surface area (TPSA) is 118 Å². The van der Waals surface area contributed by atoms with Crippen LogP contribution in [0, 0.1) is 11.6 Å². The summed E-state index contributed by atoms with van der Waals surface area (Å²) in [5.74, 6) is -6.41. The van der Waals surface area contributed by atoms with Gasteiger partial charge < -0.3 is 11.1 Å². The monoisotopic (exact) mass is 471 g/mol. The van der Waals surface area contributed by atoms with Crippen LogP contribution in [-0.2, 0) is 15.6 Å². The smallest absolute Gasteiger partial charge is 0.274 e. The average molecular weight is 471 g/mol. The predicted molar refractivity (Wildman–Crippen MR) is 107 cm³/mol. The second-order valence-corrected chi connectivity index (χ2v) is 9.79. The number of nitrogens with zero attached hydrogens (tertiary/aromatic N) is 3. The van der Waals surface area contributed by atoms with Gasteiger partial charge in [0, 0.05) is 31.1 Å². The van der Waals surface area contributed by atoms with Crippen LogP contribution in [0.1, 0.15) is 28.9 Å². The van der Waals surface area contributed by atoms with Gasteiger partial charge in [-0.3, -0.25) is 4.79 Å². The average Bonchev–Trinajstić information content (AvgIpc) is 3.00. The SMILES string of the molecule is CN1C(N)=NC2(c3cc(NC(=O)c4ccc(F)cn4)ccc3F)CC(F)(F)CC2S1(=O)=O. The molecule has 0 bridgehead atoms. The summed E-state index contributed by atoms with van der Waals surface area (Å²) in [6.45, 7) is 0. The molecule has 2 aromatic rings. The molecule has 2 unspecified atom stereocenters. The van der Waals surface area contributed by atoms with E-state index in [0.29, 0.717) is 4.31 Å². The van der Waals surface area contributed by atoms with Crippen LogP contribution in [0.15, 0.2) is 41.5 Å². The summed E-state index contributed by atoms with van der Waals surface area (Å²) < 4.78 is 83.1. The van der Waals surface area contributed by atoms with Gasteiger partial charge in [0.05, 0.1) is 6.20 Å². The highest BCUT2D eigenvalue weighted by molar-refractivity contribution is 7.90. The zero-order valence-corrected chi connectivity index (χ0v) is 17.3. The Bertz CT molecular complexity index is 1240. The van der Waals surface area contributed by atoms with Gasteiger partial charge in [0.25, 0.3) is 11.8 Å². The largest absolute Gasteiger partial charge is 0.369 e. The first kappa shape index (κ1) is 22.0. The van der Waals surface area contributed by atoms with E-state index in [2.05, 4.69) is 15.3 Å². The standard InChI is InChI=1S/C19H17F4N5O3S/c1-28-17(24)27-19(9-18(22,23)7-15(19)32(28,30)31)12-6-11(3-4-13(12)21)26-16(29)14-5-2-10(20)8-25-14/h2-6,8,15H,7,9H2,1H3,(H2,24,27)(H,26,29). The van der Waals surface area contributed by atoms with Crippen molar-refractivity contribution in [3.05, 3.63) is 59.4 Å². The van der Waals surface area contributed by atoms with Crippen molar-refractivity contribution in [2.24, 2.45) is 10.7 Å². The number of rotatable bonds is 3. The third-order valence-electron chi connectivity index (χ3n) is 5.57. The highest BCUT2D eigenvalue weighted by atomic mass is 32.2. The minimum Gasteiger partial charge on any atom is -0.369 e. The van der Waals surface area contributed by atoms with Crippen molar-refractivity contribution in [1.82, 2.24) is 9.29 Å². The molecule has 170 valence electrons. The molecule has 3 N–H and O–H groups in total. The van der Waals surface area contributed by atoms with E-state index in [1.807, 2.05) is 0 Å². The van der Waals surface area contributed by atoms with E-state index in [-0.39, 0.29) is 11.4 Å². The first-order chi connectivity index (χ1) is 14.9. The van der Waals surface area contributed by atoms with Gasteiger partial charge in [0.15, 0.2) is 0 Å². The quantitative estimate of drug-likeness (QED) is 0.666. The molecule has 2 atom stereocenters. The van der Waals surface area contributed by atoms with Gasteiger partial charge >= 0.3 is 0 Å². The van der Waals surface area contributed by atoms with E-state index in [4.69, 9.17) is 5.73 Å². The van der Waals surface area contributed by atoms with Crippen LogP contribution in [0.2, 0.25) is 0 Å². The summed E-state index contributed by atoms with van der Waals surface area (Å²) in [5.41, 5.74) is 2.90. The molecule has 13 heteroatoms. The number of pyridine rings is 1. The van der Waals surface area contributed by atoms with Crippen molar-refractivity contribution in [3.63, 3.8) is 0 Å². The van der Waals surface area contributed by atoms with Gasteiger partial charge in [0.2, 0.25) is 16.0 Å². The molecule has 32 heavy (non-hydrogen) atoms. The third-order valence-corrected chi connectivity index (χ3v) is 7.80. The van der Waals surface area contributed by atoms with Crippen LogP contribution in [0.5, 0.6) is 0 Å². The Morgan fingerprint density at radius 3 is 2.62 bits per heavy atom. The lowest BCUT2D eigenvalue weighted by Gasteiger charge is -2.39. The van der Waals surface area contributed by atoms with Gasteiger partial charge in [-0.1, -0.05) is 0 Å². The molecule has 1 fully saturated rings. The number of aromatic nitrogens is 1. The molecule has 1 saturated carbocycles. The Labute approximate surface area is 180 Å². The summed E-state index contributed by atoms with van der Waals surface area (Å²) in [6.07, 6.45) is -1.31. The third kappa shape index (κ3) is 3.45. The van der Waals surface area contributed by atoms with Crippen LogP contribution in [0.3, 0.4) is 0 Å². The Morgan fingerprint density at radius 1 is 1.25 bits per heavy atom. The number of hydrogen-bond donors (Lipinski definition) is 2. The lowest BCUT2D eigenvalue weighted by atomic mass is 9.87. The van der Waals surface area contributed by atoms with Gasteiger partial charge in [-0.05, 0) is 30.3 Å². The zero-order valence-electron chi connectivity index (χ0n) is 16.5. The number of alkyl halides is 2. The Balaban J connectivity index is 1.80. The molecule has 2 heterocycles. The molecule has 1 aliphatic heterocycles.